The van der Waals surface area contributed by atoms with E-state index in [-0.39, 0.29) is 23.3 Å². The standard InChI is InChI=1S/C11H13NO4/c1-2-9(13)7-4-3-6(12)5-8(7)10(14)11(15)16/h3-5,10,14H,2,12H2,1H3,(H,15,16). The maximum Gasteiger partial charge on any atom is 0.337 e. The fraction of sp³-hybridized carbons (Fsp3) is 0.273. The van der Waals surface area contributed by atoms with E-state index in [9.17, 15) is 14.7 Å². The lowest BCUT2D eigenvalue weighted by Crippen LogP contribution is -2.15. The summed E-state index contributed by atoms with van der Waals surface area (Å²) in [6.45, 7) is 1.66. The quantitative estimate of drug-likeness (QED) is 0.521. The van der Waals surface area contributed by atoms with Crippen molar-refractivity contribution in [2.75, 3.05) is 5.73 Å². The molecule has 0 saturated heterocycles. The number of aliphatic hydroxyl groups excluding tert-OH is 1. The fourth-order valence-corrected chi connectivity index (χ4v) is 1.38. The van der Waals surface area contributed by atoms with Gasteiger partial charge in [-0.15, -0.1) is 0 Å². The Labute approximate surface area is 92.5 Å². The molecule has 1 atom stereocenters. The molecule has 0 aliphatic heterocycles. The lowest BCUT2D eigenvalue weighted by atomic mass is 9.97. The zero-order chi connectivity index (χ0) is 12.3. The van der Waals surface area contributed by atoms with E-state index in [0.29, 0.717) is 5.69 Å². The summed E-state index contributed by atoms with van der Waals surface area (Å²) >= 11 is 0. The Morgan fingerprint density at radius 3 is 2.56 bits per heavy atom. The first kappa shape index (κ1) is 12.2. The van der Waals surface area contributed by atoms with Crippen molar-refractivity contribution in [3.63, 3.8) is 0 Å². The SMILES string of the molecule is CCC(=O)c1ccc(N)cc1C(O)C(=O)O. The van der Waals surface area contributed by atoms with Gasteiger partial charge in [-0.1, -0.05) is 6.92 Å². The summed E-state index contributed by atoms with van der Waals surface area (Å²) in [7, 11) is 0. The first-order chi connectivity index (χ1) is 7.47. The maximum absolute atomic E-state index is 11.5. The van der Waals surface area contributed by atoms with Crippen LogP contribution < -0.4 is 5.73 Å². The molecule has 0 saturated carbocycles. The number of carbonyl (C=O) groups excluding carboxylic acids is 1. The van der Waals surface area contributed by atoms with Gasteiger partial charge in [0.2, 0.25) is 0 Å². The molecule has 0 spiro atoms. The molecule has 0 heterocycles. The minimum absolute atomic E-state index is 0.0411. The molecule has 16 heavy (non-hydrogen) atoms. The van der Waals surface area contributed by atoms with Crippen LogP contribution in [0, 0.1) is 0 Å². The van der Waals surface area contributed by atoms with Gasteiger partial charge in [0.25, 0.3) is 0 Å². The van der Waals surface area contributed by atoms with Crippen LogP contribution in [-0.2, 0) is 4.79 Å². The number of hydrogen-bond acceptors (Lipinski definition) is 4. The van der Waals surface area contributed by atoms with Crippen LogP contribution in [0.3, 0.4) is 0 Å². The van der Waals surface area contributed by atoms with Crippen molar-refractivity contribution in [3.8, 4) is 0 Å². The minimum Gasteiger partial charge on any atom is -0.479 e. The van der Waals surface area contributed by atoms with Gasteiger partial charge in [0.05, 0.1) is 0 Å². The van der Waals surface area contributed by atoms with Crippen LogP contribution >= 0.6 is 0 Å². The number of benzene rings is 1. The van der Waals surface area contributed by atoms with Gasteiger partial charge in [-0.2, -0.15) is 0 Å². The molecule has 5 nitrogen and oxygen atoms in total. The van der Waals surface area contributed by atoms with Gasteiger partial charge in [-0.25, -0.2) is 4.79 Å². The highest BCUT2D eigenvalue weighted by atomic mass is 16.4. The van der Waals surface area contributed by atoms with Crippen molar-refractivity contribution < 1.29 is 19.8 Å². The zero-order valence-electron chi connectivity index (χ0n) is 8.80. The molecule has 0 radical (unpaired) electrons. The topological polar surface area (TPSA) is 101 Å². The Balaban J connectivity index is 3.28. The van der Waals surface area contributed by atoms with Gasteiger partial charge in [-0.05, 0) is 18.2 Å². The summed E-state index contributed by atoms with van der Waals surface area (Å²) in [5, 5.41) is 18.1. The smallest absolute Gasteiger partial charge is 0.337 e. The van der Waals surface area contributed by atoms with E-state index < -0.39 is 12.1 Å². The molecule has 5 heteroatoms. The largest absolute Gasteiger partial charge is 0.479 e. The molecule has 0 amide bonds. The Bertz CT molecular complexity index is 428. The second-order valence-electron chi connectivity index (χ2n) is 3.36. The molecule has 0 fully saturated rings. The van der Waals surface area contributed by atoms with E-state index in [2.05, 4.69) is 0 Å². The Morgan fingerprint density at radius 2 is 2.06 bits per heavy atom. The summed E-state index contributed by atoms with van der Waals surface area (Å²) in [4.78, 5) is 22.2. The van der Waals surface area contributed by atoms with Gasteiger partial charge in [0.1, 0.15) is 0 Å². The zero-order valence-corrected chi connectivity index (χ0v) is 8.80. The number of ketones is 1. The highest BCUT2D eigenvalue weighted by Crippen LogP contribution is 2.22. The first-order valence-corrected chi connectivity index (χ1v) is 4.80. The van der Waals surface area contributed by atoms with Crippen LogP contribution in [-0.4, -0.2) is 22.0 Å². The molecule has 0 aliphatic carbocycles. The predicted molar refractivity (Wildman–Crippen MR) is 58.1 cm³/mol. The predicted octanol–water partition coefficient (Wildman–Crippen LogP) is 0.980. The second-order valence-corrected chi connectivity index (χ2v) is 3.36. The summed E-state index contributed by atoms with van der Waals surface area (Å²) in [6.07, 6.45) is -1.49. The summed E-state index contributed by atoms with van der Waals surface area (Å²) in [6, 6.07) is 4.24. The lowest BCUT2D eigenvalue weighted by molar-refractivity contribution is -0.146. The molecule has 1 aromatic rings. The Morgan fingerprint density at radius 1 is 1.44 bits per heavy atom. The van der Waals surface area contributed by atoms with Crippen molar-refractivity contribution in [1.82, 2.24) is 0 Å². The molecule has 1 aromatic carbocycles. The average Bonchev–Trinajstić information content (AvgIpc) is 2.26. The van der Waals surface area contributed by atoms with Gasteiger partial charge < -0.3 is 15.9 Å². The monoisotopic (exact) mass is 223 g/mol. The van der Waals surface area contributed by atoms with Crippen LogP contribution in [0.2, 0.25) is 0 Å². The van der Waals surface area contributed by atoms with E-state index >= 15 is 0 Å². The lowest BCUT2D eigenvalue weighted by Gasteiger charge is -2.11. The number of aliphatic carboxylic acids is 1. The highest BCUT2D eigenvalue weighted by molar-refractivity contribution is 5.99. The number of nitrogens with two attached hydrogens (primary N) is 1. The number of anilines is 1. The fourth-order valence-electron chi connectivity index (χ4n) is 1.38. The van der Waals surface area contributed by atoms with E-state index in [4.69, 9.17) is 10.8 Å². The van der Waals surface area contributed by atoms with Crippen molar-refractivity contribution >= 4 is 17.4 Å². The number of carbonyl (C=O) groups is 2. The maximum atomic E-state index is 11.5. The molecule has 4 N–H and O–H groups in total. The molecule has 0 aromatic heterocycles. The first-order valence-electron chi connectivity index (χ1n) is 4.80. The number of hydrogen-bond donors (Lipinski definition) is 3. The van der Waals surface area contributed by atoms with Crippen LogP contribution in [0.15, 0.2) is 18.2 Å². The number of Topliss-reactive ketones (excluding diaryl/α,β-unsaturated/α-hetero) is 1. The van der Waals surface area contributed by atoms with Gasteiger partial charge in [0, 0.05) is 23.2 Å². The van der Waals surface area contributed by atoms with Crippen LogP contribution in [0.1, 0.15) is 35.4 Å². The van der Waals surface area contributed by atoms with E-state index in [0.717, 1.165) is 0 Å². The molecule has 1 rings (SSSR count). The molecule has 0 bridgehead atoms. The molecule has 86 valence electrons. The van der Waals surface area contributed by atoms with Gasteiger partial charge in [0.15, 0.2) is 11.9 Å². The Hall–Kier alpha value is -1.88. The summed E-state index contributed by atoms with van der Waals surface area (Å²) in [5.74, 6) is -1.63. The van der Waals surface area contributed by atoms with Crippen molar-refractivity contribution in [2.24, 2.45) is 0 Å². The van der Waals surface area contributed by atoms with E-state index in [1.807, 2.05) is 0 Å². The van der Waals surface area contributed by atoms with Crippen molar-refractivity contribution in [2.45, 2.75) is 19.4 Å². The normalized spacial score (nSPS) is 12.1. The van der Waals surface area contributed by atoms with E-state index in [1.165, 1.54) is 18.2 Å². The van der Waals surface area contributed by atoms with Gasteiger partial charge in [-0.3, -0.25) is 4.79 Å². The number of nitrogen functional groups attached to an aromatic ring is 1. The van der Waals surface area contributed by atoms with Crippen molar-refractivity contribution in [3.05, 3.63) is 29.3 Å². The van der Waals surface area contributed by atoms with Gasteiger partial charge >= 0.3 is 5.97 Å². The number of aliphatic hydroxyl groups is 1. The average molecular weight is 223 g/mol. The number of carboxylic acid groups (broad SMARTS) is 1. The third kappa shape index (κ3) is 2.38. The highest BCUT2D eigenvalue weighted by Gasteiger charge is 2.22. The Kier molecular flexibility index (Phi) is 3.63. The molecule has 1 unspecified atom stereocenters. The molecular weight excluding hydrogens is 210 g/mol. The van der Waals surface area contributed by atoms with E-state index in [1.54, 1.807) is 6.92 Å². The third-order valence-corrected chi connectivity index (χ3v) is 2.23. The minimum atomic E-state index is -1.73. The van der Waals surface area contributed by atoms with Crippen LogP contribution in [0.5, 0.6) is 0 Å². The number of rotatable bonds is 4. The van der Waals surface area contributed by atoms with Crippen LogP contribution in [0.25, 0.3) is 0 Å². The van der Waals surface area contributed by atoms with Crippen LogP contribution in [0.4, 0.5) is 5.69 Å². The molecule has 0 aliphatic rings. The summed E-state index contributed by atoms with van der Waals surface area (Å²) in [5.41, 5.74) is 6.04. The van der Waals surface area contributed by atoms with Crippen molar-refractivity contribution in [1.29, 1.82) is 0 Å². The second kappa shape index (κ2) is 4.76. The molecular formula is C11H13NO4. The third-order valence-electron chi connectivity index (χ3n) is 2.23. The number of carboxylic acids is 1. The summed E-state index contributed by atoms with van der Waals surface area (Å²) < 4.78 is 0.